The van der Waals surface area contributed by atoms with E-state index in [1.165, 1.54) is 0 Å². The van der Waals surface area contributed by atoms with Crippen molar-refractivity contribution in [3.05, 3.63) is 35.2 Å². The standard InChI is InChI=1S/C13H14ClN3O3S/c1-2-19-12(18)8-21-13-17-16-11(20-13)7-15-10-5-3-4-9(14)6-10/h3-6,15H,2,7-8H2,1H3. The minimum Gasteiger partial charge on any atom is -0.465 e. The number of thioether (sulfide) groups is 1. The fourth-order valence-corrected chi connectivity index (χ4v) is 2.24. The summed E-state index contributed by atoms with van der Waals surface area (Å²) in [7, 11) is 0. The molecule has 0 fully saturated rings. The number of carbonyl (C=O) groups is 1. The Morgan fingerprint density at radius 1 is 1.48 bits per heavy atom. The molecule has 8 heteroatoms. The van der Waals surface area contributed by atoms with Crippen LogP contribution in [0.1, 0.15) is 12.8 Å². The van der Waals surface area contributed by atoms with Gasteiger partial charge < -0.3 is 14.5 Å². The first-order valence-corrected chi connectivity index (χ1v) is 7.64. The highest BCUT2D eigenvalue weighted by molar-refractivity contribution is 7.99. The highest BCUT2D eigenvalue weighted by Gasteiger charge is 2.10. The summed E-state index contributed by atoms with van der Waals surface area (Å²) < 4.78 is 10.2. The highest BCUT2D eigenvalue weighted by Crippen LogP contribution is 2.18. The van der Waals surface area contributed by atoms with Crippen LogP contribution in [0.25, 0.3) is 0 Å². The molecule has 0 aliphatic carbocycles. The van der Waals surface area contributed by atoms with E-state index in [0.717, 1.165) is 17.4 Å². The van der Waals surface area contributed by atoms with Gasteiger partial charge in [0, 0.05) is 10.7 Å². The Kier molecular flexibility index (Phi) is 5.89. The molecule has 21 heavy (non-hydrogen) atoms. The number of nitrogens with one attached hydrogen (secondary N) is 1. The number of esters is 1. The summed E-state index contributed by atoms with van der Waals surface area (Å²) in [4.78, 5) is 11.2. The van der Waals surface area contributed by atoms with Gasteiger partial charge in [-0.05, 0) is 25.1 Å². The summed E-state index contributed by atoms with van der Waals surface area (Å²) in [5.74, 6) is 0.276. The van der Waals surface area contributed by atoms with Gasteiger partial charge in [0.15, 0.2) is 0 Å². The molecular formula is C13H14ClN3O3S. The maximum Gasteiger partial charge on any atom is 0.316 e. The van der Waals surface area contributed by atoms with Crippen molar-refractivity contribution >= 4 is 35.0 Å². The molecule has 0 spiro atoms. The molecule has 2 aromatic rings. The van der Waals surface area contributed by atoms with Gasteiger partial charge >= 0.3 is 5.97 Å². The van der Waals surface area contributed by atoms with Gasteiger partial charge in [-0.3, -0.25) is 4.79 Å². The number of nitrogens with zero attached hydrogens (tertiary/aromatic N) is 2. The van der Waals surface area contributed by atoms with Gasteiger partial charge in [-0.15, -0.1) is 10.2 Å². The highest BCUT2D eigenvalue weighted by atomic mass is 35.5. The van der Waals surface area contributed by atoms with Crippen LogP contribution in [0.15, 0.2) is 33.9 Å². The SMILES string of the molecule is CCOC(=O)CSc1nnc(CNc2cccc(Cl)c2)o1. The number of benzene rings is 1. The number of rotatable bonds is 7. The number of hydrogen-bond acceptors (Lipinski definition) is 7. The second-order valence-corrected chi connectivity index (χ2v) is 5.28. The lowest BCUT2D eigenvalue weighted by Crippen LogP contribution is -2.06. The van der Waals surface area contributed by atoms with E-state index in [1.54, 1.807) is 19.1 Å². The Hall–Kier alpha value is -1.73. The third-order valence-electron chi connectivity index (χ3n) is 2.34. The largest absolute Gasteiger partial charge is 0.465 e. The minimum atomic E-state index is -0.306. The van der Waals surface area contributed by atoms with E-state index in [4.69, 9.17) is 20.8 Å². The van der Waals surface area contributed by atoms with Crippen LogP contribution in [-0.2, 0) is 16.1 Å². The second kappa shape index (κ2) is 7.90. The number of halogens is 1. The summed E-state index contributed by atoms with van der Waals surface area (Å²) in [6.07, 6.45) is 0. The maximum atomic E-state index is 11.2. The van der Waals surface area contributed by atoms with Crippen molar-refractivity contribution < 1.29 is 13.9 Å². The zero-order valence-corrected chi connectivity index (χ0v) is 12.9. The lowest BCUT2D eigenvalue weighted by Gasteiger charge is -2.03. The van der Waals surface area contributed by atoms with E-state index < -0.39 is 0 Å². The molecule has 112 valence electrons. The predicted octanol–water partition coefficient (Wildman–Crippen LogP) is 2.99. The normalized spacial score (nSPS) is 10.4. The van der Waals surface area contributed by atoms with Gasteiger partial charge in [0.2, 0.25) is 5.89 Å². The minimum absolute atomic E-state index is 0.150. The topological polar surface area (TPSA) is 77.2 Å². The molecule has 0 saturated carbocycles. The Labute approximate surface area is 131 Å². The van der Waals surface area contributed by atoms with Crippen LogP contribution >= 0.6 is 23.4 Å². The second-order valence-electron chi connectivity index (χ2n) is 3.92. The van der Waals surface area contributed by atoms with Crippen LogP contribution in [0.5, 0.6) is 0 Å². The van der Waals surface area contributed by atoms with Gasteiger partial charge in [-0.2, -0.15) is 0 Å². The Bertz CT molecular complexity index is 606. The van der Waals surface area contributed by atoms with E-state index in [9.17, 15) is 4.79 Å². The average molecular weight is 328 g/mol. The molecule has 2 rings (SSSR count). The van der Waals surface area contributed by atoms with Gasteiger partial charge in [0.25, 0.3) is 5.22 Å². The zero-order valence-electron chi connectivity index (χ0n) is 11.3. The first-order valence-electron chi connectivity index (χ1n) is 6.27. The van der Waals surface area contributed by atoms with Crippen molar-refractivity contribution in [2.24, 2.45) is 0 Å². The molecule has 0 aliphatic heterocycles. The van der Waals surface area contributed by atoms with Gasteiger partial charge in [-0.25, -0.2) is 0 Å². The molecule has 0 amide bonds. The smallest absolute Gasteiger partial charge is 0.316 e. The number of aromatic nitrogens is 2. The van der Waals surface area contributed by atoms with Crippen molar-refractivity contribution in [1.82, 2.24) is 10.2 Å². The van der Waals surface area contributed by atoms with Gasteiger partial charge in [0.1, 0.15) is 5.75 Å². The van der Waals surface area contributed by atoms with Crippen LogP contribution in [0.3, 0.4) is 0 Å². The molecule has 1 aromatic carbocycles. The van der Waals surface area contributed by atoms with Crippen molar-refractivity contribution in [2.45, 2.75) is 18.7 Å². The number of hydrogen-bond donors (Lipinski definition) is 1. The molecule has 1 N–H and O–H groups in total. The Balaban J connectivity index is 1.81. The van der Waals surface area contributed by atoms with Crippen molar-refractivity contribution in [1.29, 1.82) is 0 Å². The summed E-state index contributed by atoms with van der Waals surface area (Å²) >= 11 is 7.04. The first kappa shape index (κ1) is 15.7. The summed E-state index contributed by atoms with van der Waals surface area (Å²) in [5.41, 5.74) is 0.862. The summed E-state index contributed by atoms with van der Waals surface area (Å²) in [6.45, 7) is 2.50. The summed E-state index contributed by atoms with van der Waals surface area (Å²) in [6, 6.07) is 7.33. The van der Waals surface area contributed by atoms with Crippen molar-refractivity contribution in [3.63, 3.8) is 0 Å². The third kappa shape index (κ3) is 5.28. The van der Waals surface area contributed by atoms with Crippen molar-refractivity contribution in [3.8, 4) is 0 Å². The summed E-state index contributed by atoms with van der Waals surface area (Å²) in [5, 5.41) is 11.8. The fourth-order valence-electron chi connectivity index (χ4n) is 1.47. The Morgan fingerprint density at radius 2 is 2.33 bits per heavy atom. The van der Waals surface area contributed by atoms with E-state index in [0.29, 0.717) is 29.3 Å². The van der Waals surface area contributed by atoms with Gasteiger partial charge in [0.05, 0.1) is 13.2 Å². The molecule has 0 bridgehead atoms. The molecule has 0 atom stereocenters. The molecule has 0 saturated heterocycles. The molecule has 0 radical (unpaired) electrons. The van der Waals surface area contributed by atoms with Crippen molar-refractivity contribution in [2.75, 3.05) is 17.7 Å². The lowest BCUT2D eigenvalue weighted by atomic mass is 10.3. The average Bonchev–Trinajstić information content (AvgIpc) is 2.91. The van der Waals surface area contributed by atoms with E-state index in [1.807, 2.05) is 12.1 Å². The zero-order chi connectivity index (χ0) is 15.1. The Morgan fingerprint density at radius 3 is 3.10 bits per heavy atom. The van der Waals surface area contributed by atoms with E-state index in [-0.39, 0.29) is 11.7 Å². The quantitative estimate of drug-likeness (QED) is 0.618. The molecular weight excluding hydrogens is 314 g/mol. The number of carbonyl (C=O) groups excluding carboxylic acids is 1. The number of anilines is 1. The van der Waals surface area contributed by atoms with Crippen LogP contribution in [0, 0.1) is 0 Å². The fraction of sp³-hybridized carbons (Fsp3) is 0.308. The third-order valence-corrected chi connectivity index (χ3v) is 3.36. The van der Waals surface area contributed by atoms with Crippen LogP contribution in [0.2, 0.25) is 5.02 Å². The molecule has 1 heterocycles. The molecule has 0 aliphatic rings. The number of ether oxygens (including phenoxy) is 1. The lowest BCUT2D eigenvalue weighted by molar-refractivity contribution is -0.139. The van der Waals surface area contributed by atoms with Gasteiger partial charge in [-0.1, -0.05) is 29.4 Å². The van der Waals surface area contributed by atoms with E-state index in [2.05, 4.69) is 15.5 Å². The molecule has 0 unspecified atom stereocenters. The maximum absolute atomic E-state index is 11.2. The first-order chi connectivity index (χ1) is 10.2. The van der Waals surface area contributed by atoms with Crippen LogP contribution in [-0.4, -0.2) is 28.5 Å². The van der Waals surface area contributed by atoms with Crippen LogP contribution in [0.4, 0.5) is 5.69 Å². The molecule has 6 nitrogen and oxygen atoms in total. The predicted molar refractivity (Wildman–Crippen MR) is 80.4 cm³/mol. The monoisotopic (exact) mass is 327 g/mol. The van der Waals surface area contributed by atoms with Crippen LogP contribution < -0.4 is 5.32 Å². The van der Waals surface area contributed by atoms with E-state index >= 15 is 0 Å². The molecule has 1 aromatic heterocycles.